The van der Waals surface area contributed by atoms with Crippen molar-refractivity contribution in [3.63, 3.8) is 0 Å². The van der Waals surface area contributed by atoms with Crippen molar-refractivity contribution in [2.24, 2.45) is 0 Å². The van der Waals surface area contributed by atoms with Crippen molar-refractivity contribution < 1.29 is 28.5 Å². The van der Waals surface area contributed by atoms with Crippen molar-refractivity contribution in [1.29, 1.82) is 0 Å². The van der Waals surface area contributed by atoms with E-state index in [2.05, 4.69) is 17.4 Å². The molecule has 0 atom stereocenters. The van der Waals surface area contributed by atoms with E-state index >= 15 is 0 Å². The Bertz CT molecular complexity index is 822. The molecule has 4 rings (SSSR count). The van der Waals surface area contributed by atoms with Gasteiger partial charge in [-0.1, -0.05) is 6.07 Å². The number of carbonyl (C=O) groups is 1. The maximum atomic E-state index is 13.2. The van der Waals surface area contributed by atoms with Crippen LogP contribution in [0.5, 0.6) is 11.5 Å². The van der Waals surface area contributed by atoms with E-state index in [1.807, 2.05) is 6.07 Å². The lowest BCUT2D eigenvalue weighted by Gasteiger charge is -2.29. The fraction of sp³-hybridized carbons (Fsp3) is 0.350. The average Bonchev–Trinajstić information content (AvgIpc) is 3.11. The standard InChI is InChI=1S/C20H22FN3O3/c21-16-2-1-3-17(11-16)22-20(25)13-24-8-6-23(7-9-24)12-15-4-5-18-19(10-15)27-14-26-18/h1-5,10-11H,6-9,12-14H2,(H,22,25)/p+2. The maximum Gasteiger partial charge on any atom is 0.279 e. The summed E-state index contributed by atoms with van der Waals surface area (Å²) >= 11 is 0. The zero-order chi connectivity index (χ0) is 18.6. The van der Waals surface area contributed by atoms with Crippen molar-refractivity contribution in [3.05, 3.63) is 53.8 Å². The average molecular weight is 373 g/mol. The molecule has 142 valence electrons. The van der Waals surface area contributed by atoms with Gasteiger partial charge in [-0.3, -0.25) is 4.79 Å². The van der Waals surface area contributed by atoms with Gasteiger partial charge in [-0.2, -0.15) is 0 Å². The summed E-state index contributed by atoms with van der Waals surface area (Å²) in [6.45, 7) is 5.56. The number of amides is 1. The third kappa shape index (κ3) is 4.56. The van der Waals surface area contributed by atoms with E-state index < -0.39 is 0 Å². The molecule has 0 aliphatic carbocycles. The second-order valence-electron chi connectivity index (χ2n) is 7.10. The topological polar surface area (TPSA) is 56.4 Å². The summed E-state index contributed by atoms with van der Waals surface area (Å²) < 4.78 is 24.0. The van der Waals surface area contributed by atoms with Crippen LogP contribution in [0.2, 0.25) is 0 Å². The quantitative estimate of drug-likeness (QED) is 0.661. The molecule has 2 heterocycles. The highest BCUT2D eigenvalue weighted by Crippen LogP contribution is 2.32. The van der Waals surface area contributed by atoms with Crippen LogP contribution in [0, 0.1) is 5.82 Å². The highest BCUT2D eigenvalue weighted by Gasteiger charge is 2.25. The highest BCUT2D eigenvalue weighted by atomic mass is 19.1. The van der Waals surface area contributed by atoms with Crippen molar-refractivity contribution in [2.45, 2.75) is 6.54 Å². The third-order valence-electron chi connectivity index (χ3n) is 5.07. The van der Waals surface area contributed by atoms with Crippen LogP contribution < -0.4 is 24.6 Å². The van der Waals surface area contributed by atoms with Gasteiger partial charge >= 0.3 is 0 Å². The molecule has 27 heavy (non-hydrogen) atoms. The van der Waals surface area contributed by atoms with E-state index in [1.165, 1.54) is 27.5 Å². The summed E-state index contributed by atoms with van der Waals surface area (Å²) in [5.41, 5.74) is 1.74. The summed E-state index contributed by atoms with van der Waals surface area (Å²) in [4.78, 5) is 15.0. The van der Waals surface area contributed by atoms with Gasteiger partial charge in [0.1, 0.15) is 38.5 Å². The molecule has 3 N–H and O–H groups in total. The predicted octanol–water partition coefficient (Wildman–Crippen LogP) is -0.523. The number of benzene rings is 2. The van der Waals surface area contributed by atoms with Crippen LogP contribution in [-0.2, 0) is 11.3 Å². The molecule has 1 amide bonds. The van der Waals surface area contributed by atoms with Gasteiger partial charge in [0.2, 0.25) is 6.79 Å². The monoisotopic (exact) mass is 373 g/mol. The molecule has 2 aromatic rings. The zero-order valence-electron chi connectivity index (χ0n) is 15.1. The molecule has 7 heteroatoms. The minimum atomic E-state index is -0.346. The molecule has 2 aliphatic heterocycles. The van der Waals surface area contributed by atoms with Gasteiger partial charge in [-0.05, 0) is 36.4 Å². The number of halogens is 1. The van der Waals surface area contributed by atoms with Crippen molar-refractivity contribution in [1.82, 2.24) is 0 Å². The number of hydrogen-bond donors (Lipinski definition) is 3. The molecule has 1 fully saturated rings. The summed E-state index contributed by atoms with van der Waals surface area (Å²) in [6, 6.07) is 12.1. The molecule has 6 nitrogen and oxygen atoms in total. The van der Waals surface area contributed by atoms with Crippen LogP contribution in [0.4, 0.5) is 10.1 Å². The van der Waals surface area contributed by atoms with Gasteiger partial charge < -0.3 is 24.6 Å². The Kier molecular flexibility index (Phi) is 5.22. The van der Waals surface area contributed by atoms with Crippen molar-refractivity contribution >= 4 is 11.6 Å². The van der Waals surface area contributed by atoms with Gasteiger partial charge in [0.05, 0.1) is 0 Å². The summed E-state index contributed by atoms with van der Waals surface area (Å²) in [5.74, 6) is 1.22. The number of rotatable bonds is 5. The Morgan fingerprint density at radius 3 is 2.59 bits per heavy atom. The highest BCUT2D eigenvalue weighted by molar-refractivity contribution is 5.91. The molecule has 0 bridgehead atoms. The first-order chi connectivity index (χ1) is 13.2. The Balaban J connectivity index is 1.23. The fourth-order valence-electron chi connectivity index (χ4n) is 3.65. The van der Waals surface area contributed by atoms with Crippen LogP contribution in [0.15, 0.2) is 42.5 Å². The molecule has 2 aliphatic rings. The summed E-state index contributed by atoms with van der Waals surface area (Å²) in [6.07, 6.45) is 0. The van der Waals surface area contributed by atoms with E-state index in [-0.39, 0.29) is 11.7 Å². The first-order valence-electron chi connectivity index (χ1n) is 9.27. The molecule has 0 unspecified atom stereocenters. The van der Waals surface area contributed by atoms with Crippen molar-refractivity contribution in [2.75, 3.05) is 44.8 Å². The van der Waals surface area contributed by atoms with Crippen LogP contribution >= 0.6 is 0 Å². The first kappa shape index (κ1) is 17.8. The van der Waals surface area contributed by atoms with Gasteiger partial charge in [0, 0.05) is 11.3 Å². The smallest absolute Gasteiger partial charge is 0.279 e. The summed E-state index contributed by atoms with van der Waals surface area (Å²) in [7, 11) is 0. The molecular weight excluding hydrogens is 349 g/mol. The number of quaternary nitrogens is 2. The Morgan fingerprint density at radius 1 is 1.00 bits per heavy atom. The Hall–Kier alpha value is -2.64. The number of piperazine rings is 1. The van der Waals surface area contributed by atoms with Crippen molar-refractivity contribution in [3.8, 4) is 11.5 Å². The van der Waals surface area contributed by atoms with Gasteiger partial charge in [0.15, 0.2) is 18.0 Å². The Morgan fingerprint density at radius 2 is 1.78 bits per heavy atom. The first-order valence-corrected chi connectivity index (χ1v) is 9.27. The van der Waals surface area contributed by atoms with Gasteiger partial charge in [0.25, 0.3) is 5.91 Å². The molecule has 0 saturated carbocycles. The van der Waals surface area contributed by atoms with Crippen LogP contribution in [0.25, 0.3) is 0 Å². The molecular formula is C20H24FN3O3+2. The lowest BCUT2D eigenvalue weighted by atomic mass is 10.1. The minimum Gasteiger partial charge on any atom is -0.454 e. The van der Waals surface area contributed by atoms with E-state index in [0.717, 1.165) is 44.2 Å². The lowest BCUT2D eigenvalue weighted by molar-refractivity contribution is -1.02. The second-order valence-corrected chi connectivity index (χ2v) is 7.10. The normalized spacial score (nSPS) is 21.1. The molecule has 1 saturated heterocycles. The molecule has 0 radical (unpaired) electrons. The minimum absolute atomic E-state index is 0.0742. The fourth-order valence-corrected chi connectivity index (χ4v) is 3.65. The number of hydrogen-bond acceptors (Lipinski definition) is 3. The number of fused-ring (bicyclic) bond motifs is 1. The lowest BCUT2D eigenvalue weighted by Crippen LogP contribution is -3.28. The maximum absolute atomic E-state index is 13.2. The molecule has 0 aromatic heterocycles. The second kappa shape index (κ2) is 7.94. The number of ether oxygens (including phenoxy) is 2. The van der Waals surface area contributed by atoms with Gasteiger partial charge in [-0.25, -0.2) is 4.39 Å². The predicted molar refractivity (Wildman–Crippen MR) is 97.6 cm³/mol. The van der Waals surface area contributed by atoms with Crippen LogP contribution in [0.1, 0.15) is 5.56 Å². The van der Waals surface area contributed by atoms with Crippen LogP contribution in [0.3, 0.4) is 0 Å². The zero-order valence-corrected chi connectivity index (χ0v) is 15.1. The SMILES string of the molecule is O=C(C[NH+]1CC[NH+](Cc2ccc3c(c2)OCO3)CC1)Nc1cccc(F)c1. The number of carbonyl (C=O) groups excluding carboxylic acids is 1. The van der Waals surface area contributed by atoms with E-state index in [4.69, 9.17) is 9.47 Å². The largest absolute Gasteiger partial charge is 0.454 e. The number of nitrogens with one attached hydrogen (secondary N) is 3. The van der Waals surface area contributed by atoms with Gasteiger partial charge in [-0.15, -0.1) is 0 Å². The van der Waals surface area contributed by atoms with E-state index in [1.54, 1.807) is 12.1 Å². The molecule has 2 aromatic carbocycles. The molecule has 0 spiro atoms. The third-order valence-corrected chi connectivity index (χ3v) is 5.07. The van der Waals surface area contributed by atoms with Crippen LogP contribution in [-0.4, -0.2) is 45.4 Å². The Labute approximate surface area is 157 Å². The van der Waals surface area contributed by atoms with E-state index in [9.17, 15) is 9.18 Å². The summed E-state index contributed by atoms with van der Waals surface area (Å²) in [5, 5.41) is 2.77. The van der Waals surface area contributed by atoms with E-state index in [0.29, 0.717) is 19.0 Å². The number of anilines is 1.